The Bertz CT molecular complexity index is 773. The van der Waals surface area contributed by atoms with Crippen molar-refractivity contribution in [3.63, 3.8) is 0 Å². The van der Waals surface area contributed by atoms with E-state index in [0.717, 1.165) is 16.8 Å². The third-order valence-corrected chi connectivity index (χ3v) is 4.04. The van der Waals surface area contributed by atoms with Crippen LogP contribution in [0.25, 0.3) is 0 Å². The number of benzene rings is 1. The van der Waals surface area contributed by atoms with E-state index in [9.17, 15) is 8.78 Å². The second kappa shape index (κ2) is 9.34. The number of aryl methyl sites for hydroxylation is 1. The molecular formula is C19H27F2N5O. The zero-order valence-corrected chi connectivity index (χ0v) is 16.4. The molecule has 0 aliphatic rings. The number of aliphatic imine (C=N–C) groups is 1. The van der Waals surface area contributed by atoms with Crippen molar-refractivity contribution in [2.45, 2.75) is 39.5 Å². The molecule has 2 aromatic rings. The molecule has 0 unspecified atom stereocenters. The molecule has 0 aliphatic carbocycles. The number of guanidine groups is 1. The molecule has 0 fully saturated rings. The molecule has 1 aromatic heterocycles. The highest BCUT2D eigenvalue weighted by Crippen LogP contribution is 2.19. The summed E-state index contributed by atoms with van der Waals surface area (Å²) in [4.78, 5) is 6.31. The number of aromatic nitrogens is 2. The minimum atomic E-state index is -2.83. The van der Waals surface area contributed by atoms with Crippen molar-refractivity contribution in [1.82, 2.24) is 20.0 Å². The normalized spacial score (nSPS) is 12.0. The molecule has 2 rings (SSSR count). The number of hydrogen-bond donors (Lipinski definition) is 1. The quantitative estimate of drug-likeness (QED) is 0.592. The summed E-state index contributed by atoms with van der Waals surface area (Å²) in [7, 11) is 5.57. The summed E-state index contributed by atoms with van der Waals surface area (Å²) in [5.41, 5.74) is 3.04. The summed E-state index contributed by atoms with van der Waals surface area (Å²) in [5.74, 6) is 1.18. The Kier molecular flexibility index (Phi) is 7.15. The van der Waals surface area contributed by atoms with Crippen molar-refractivity contribution in [3.05, 3.63) is 47.3 Å². The maximum atomic E-state index is 12.4. The van der Waals surface area contributed by atoms with Gasteiger partial charge in [-0.15, -0.1) is 0 Å². The Labute approximate surface area is 158 Å². The lowest BCUT2D eigenvalue weighted by atomic mass is 10.1. The van der Waals surface area contributed by atoms with Crippen LogP contribution in [0.3, 0.4) is 0 Å². The molecule has 6 nitrogen and oxygen atoms in total. The van der Waals surface area contributed by atoms with E-state index in [1.807, 2.05) is 35.9 Å². The van der Waals surface area contributed by atoms with Gasteiger partial charge in [-0.1, -0.05) is 26.0 Å². The molecule has 148 valence electrons. The van der Waals surface area contributed by atoms with Crippen LogP contribution in [0.1, 0.15) is 36.6 Å². The summed E-state index contributed by atoms with van der Waals surface area (Å²) < 4.78 is 31.0. The average Bonchev–Trinajstić information content (AvgIpc) is 2.95. The number of hydrogen-bond acceptors (Lipinski definition) is 3. The van der Waals surface area contributed by atoms with Crippen molar-refractivity contribution >= 4 is 5.96 Å². The molecule has 0 aliphatic heterocycles. The third-order valence-electron chi connectivity index (χ3n) is 4.04. The van der Waals surface area contributed by atoms with Crippen LogP contribution in [0, 0.1) is 0 Å². The number of rotatable bonds is 7. The molecule has 0 radical (unpaired) electrons. The van der Waals surface area contributed by atoms with E-state index in [2.05, 4.69) is 34.0 Å². The van der Waals surface area contributed by atoms with E-state index >= 15 is 0 Å². The van der Waals surface area contributed by atoms with E-state index in [1.54, 1.807) is 19.2 Å². The van der Waals surface area contributed by atoms with Crippen LogP contribution >= 0.6 is 0 Å². The lowest BCUT2D eigenvalue weighted by Gasteiger charge is -2.22. The Morgan fingerprint density at radius 3 is 2.74 bits per heavy atom. The van der Waals surface area contributed by atoms with Crippen LogP contribution < -0.4 is 10.1 Å². The third kappa shape index (κ3) is 5.94. The van der Waals surface area contributed by atoms with Gasteiger partial charge >= 0.3 is 6.61 Å². The summed E-state index contributed by atoms with van der Waals surface area (Å²) in [6, 6.07) is 6.62. The number of ether oxygens (including phenoxy) is 1. The van der Waals surface area contributed by atoms with E-state index in [0.29, 0.717) is 25.0 Å². The van der Waals surface area contributed by atoms with Crippen LogP contribution in [-0.4, -0.2) is 41.3 Å². The predicted molar refractivity (Wildman–Crippen MR) is 102 cm³/mol. The SMILES string of the molecule is CN=C(NCc1cccc(OC(F)F)c1)N(C)Cc1cn(C)nc1C(C)C. The number of halogens is 2. The molecule has 0 spiro atoms. The molecule has 0 atom stereocenters. The van der Waals surface area contributed by atoms with Crippen LogP contribution in [0.2, 0.25) is 0 Å². The van der Waals surface area contributed by atoms with Gasteiger partial charge in [-0.25, -0.2) is 0 Å². The molecule has 0 amide bonds. The lowest BCUT2D eigenvalue weighted by molar-refractivity contribution is -0.0498. The Balaban J connectivity index is 2.01. The zero-order valence-electron chi connectivity index (χ0n) is 16.4. The Morgan fingerprint density at radius 1 is 1.37 bits per heavy atom. The predicted octanol–water partition coefficient (Wildman–Crippen LogP) is 3.35. The summed E-state index contributed by atoms with van der Waals surface area (Å²) in [6.07, 6.45) is 2.02. The molecule has 0 bridgehead atoms. The fourth-order valence-electron chi connectivity index (χ4n) is 2.89. The summed E-state index contributed by atoms with van der Waals surface area (Å²) in [6.45, 7) is 2.51. The monoisotopic (exact) mass is 379 g/mol. The van der Waals surface area contributed by atoms with Gasteiger partial charge in [0.15, 0.2) is 5.96 Å². The van der Waals surface area contributed by atoms with Gasteiger partial charge in [-0.3, -0.25) is 9.67 Å². The van der Waals surface area contributed by atoms with Gasteiger partial charge in [0.1, 0.15) is 5.75 Å². The Morgan fingerprint density at radius 2 is 2.11 bits per heavy atom. The smallest absolute Gasteiger partial charge is 0.387 e. The van der Waals surface area contributed by atoms with Gasteiger partial charge in [-0.2, -0.15) is 13.9 Å². The van der Waals surface area contributed by atoms with Crippen molar-refractivity contribution in [3.8, 4) is 5.75 Å². The molecule has 27 heavy (non-hydrogen) atoms. The maximum absolute atomic E-state index is 12.4. The lowest BCUT2D eigenvalue weighted by Crippen LogP contribution is -2.38. The highest BCUT2D eigenvalue weighted by Gasteiger charge is 2.15. The first-order valence-electron chi connectivity index (χ1n) is 8.78. The van der Waals surface area contributed by atoms with Crippen molar-refractivity contribution in [2.24, 2.45) is 12.0 Å². The standard InChI is InChI=1S/C19H27F2N5O/c1-13(2)17-15(12-26(5)24-17)11-25(4)19(22-3)23-10-14-7-6-8-16(9-14)27-18(20)21/h6-9,12-13,18H,10-11H2,1-5H3,(H,22,23). The molecule has 1 N–H and O–H groups in total. The van der Waals surface area contributed by atoms with E-state index < -0.39 is 6.61 Å². The van der Waals surface area contributed by atoms with Crippen LogP contribution in [0.5, 0.6) is 5.75 Å². The second-order valence-electron chi connectivity index (χ2n) is 6.65. The minimum absolute atomic E-state index is 0.143. The largest absolute Gasteiger partial charge is 0.435 e. The molecule has 1 heterocycles. The van der Waals surface area contributed by atoms with Gasteiger partial charge < -0.3 is 15.0 Å². The van der Waals surface area contributed by atoms with Crippen molar-refractivity contribution in [1.29, 1.82) is 0 Å². The van der Waals surface area contributed by atoms with E-state index in [1.165, 1.54) is 6.07 Å². The fourth-order valence-corrected chi connectivity index (χ4v) is 2.89. The second-order valence-corrected chi connectivity index (χ2v) is 6.65. The topological polar surface area (TPSA) is 54.7 Å². The van der Waals surface area contributed by atoms with Gasteiger partial charge in [0.05, 0.1) is 5.69 Å². The van der Waals surface area contributed by atoms with Gasteiger partial charge in [-0.05, 0) is 23.6 Å². The molecule has 0 saturated carbocycles. The highest BCUT2D eigenvalue weighted by molar-refractivity contribution is 5.79. The first-order valence-corrected chi connectivity index (χ1v) is 8.78. The van der Waals surface area contributed by atoms with Crippen LogP contribution in [-0.2, 0) is 20.1 Å². The maximum Gasteiger partial charge on any atom is 0.387 e. The van der Waals surface area contributed by atoms with Crippen LogP contribution in [0.4, 0.5) is 8.78 Å². The summed E-state index contributed by atoms with van der Waals surface area (Å²) >= 11 is 0. The highest BCUT2D eigenvalue weighted by atomic mass is 19.3. The summed E-state index contributed by atoms with van der Waals surface area (Å²) in [5, 5.41) is 7.78. The van der Waals surface area contributed by atoms with E-state index in [4.69, 9.17) is 0 Å². The first-order chi connectivity index (χ1) is 12.8. The first kappa shape index (κ1) is 20.7. The average molecular weight is 379 g/mol. The van der Waals surface area contributed by atoms with Crippen molar-refractivity contribution in [2.75, 3.05) is 14.1 Å². The van der Waals surface area contributed by atoms with E-state index in [-0.39, 0.29) is 5.75 Å². The number of alkyl halides is 2. The molecular weight excluding hydrogens is 352 g/mol. The fraction of sp³-hybridized carbons (Fsp3) is 0.474. The van der Waals surface area contributed by atoms with Gasteiger partial charge in [0, 0.05) is 46.0 Å². The van der Waals surface area contributed by atoms with Gasteiger partial charge in [0.25, 0.3) is 0 Å². The van der Waals surface area contributed by atoms with Crippen LogP contribution in [0.15, 0.2) is 35.5 Å². The molecule has 1 aromatic carbocycles. The minimum Gasteiger partial charge on any atom is -0.435 e. The number of nitrogens with zero attached hydrogens (tertiary/aromatic N) is 4. The molecule has 8 heteroatoms. The zero-order chi connectivity index (χ0) is 20.0. The Hall–Kier alpha value is -2.64. The number of nitrogens with one attached hydrogen (secondary N) is 1. The molecule has 0 saturated heterocycles. The van der Waals surface area contributed by atoms with Gasteiger partial charge in [0.2, 0.25) is 0 Å². The van der Waals surface area contributed by atoms with Crippen molar-refractivity contribution < 1.29 is 13.5 Å².